The highest BCUT2D eigenvalue weighted by atomic mass is 16.5. The van der Waals surface area contributed by atoms with Gasteiger partial charge in [0, 0.05) is 49.3 Å². The lowest BCUT2D eigenvalue weighted by Gasteiger charge is -2.26. The highest BCUT2D eigenvalue weighted by Crippen LogP contribution is 2.39. The van der Waals surface area contributed by atoms with Crippen LogP contribution < -0.4 is 14.8 Å². The van der Waals surface area contributed by atoms with Gasteiger partial charge in [0.15, 0.2) is 11.5 Å². The molecule has 0 radical (unpaired) electrons. The summed E-state index contributed by atoms with van der Waals surface area (Å²) in [6, 6.07) is 18.3. The quantitative estimate of drug-likeness (QED) is 0.300. The monoisotopic (exact) mass is 509 g/mol. The summed E-state index contributed by atoms with van der Waals surface area (Å²) in [6.45, 7) is 5.07. The summed E-state index contributed by atoms with van der Waals surface area (Å²) in [4.78, 5) is 11.0. The second-order valence-corrected chi connectivity index (χ2v) is 9.16. The second kappa shape index (κ2) is 12.4. The second-order valence-electron chi connectivity index (χ2n) is 9.16. The third kappa shape index (κ3) is 6.02. The van der Waals surface area contributed by atoms with Crippen molar-refractivity contribution < 1.29 is 14.2 Å². The van der Waals surface area contributed by atoms with Gasteiger partial charge in [-0.2, -0.15) is 5.26 Å². The van der Waals surface area contributed by atoms with Gasteiger partial charge in [0.1, 0.15) is 11.6 Å². The highest BCUT2D eigenvalue weighted by Gasteiger charge is 2.17. The summed E-state index contributed by atoms with van der Waals surface area (Å²) < 4.78 is 17.2. The summed E-state index contributed by atoms with van der Waals surface area (Å²) in [5.74, 6) is 1.21. The normalized spacial score (nSPS) is 13.7. The first kappa shape index (κ1) is 25.5. The van der Waals surface area contributed by atoms with E-state index in [-0.39, 0.29) is 0 Å². The van der Waals surface area contributed by atoms with Crippen LogP contribution in [-0.2, 0) is 11.2 Å². The molecule has 0 aliphatic carbocycles. The summed E-state index contributed by atoms with van der Waals surface area (Å²) in [5, 5.41) is 14.0. The van der Waals surface area contributed by atoms with Crippen LogP contribution in [0.25, 0.3) is 10.9 Å². The van der Waals surface area contributed by atoms with Crippen molar-refractivity contribution in [2.75, 3.05) is 51.9 Å². The van der Waals surface area contributed by atoms with Crippen molar-refractivity contribution in [3.05, 3.63) is 83.8 Å². The number of nitrogens with zero attached hydrogens (tertiary/aromatic N) is 4. The fraction of sp³-hybridized carbons (Fsp3) is 0.300. The Morgan fingerprint density at radius 1 is 1.03 bits per heavy atom. The number of nitriles is 1. The van der Waals surface area contributed by atoms with E-state index in [1.165, 1.54) is 11.1 Å². The maximum Gasteiger partial charge on any atom is 0.187 e. The van der Waals surface area contributed by atoms with E-state index < -0.39 is 0 Å². The molecule has 3 heterocycles. The van der Waals surface area contributed by atoms with Crippen LogP contribution in [0.2, 0.25) is 0 Å². The molecule has 0 spiro atoms. The minimum atomic E-state index is 0.458. The third-order valence-corrected chi connectivity index (χ3v) is 6.64. The standard InChI is InChI=1S/C30H31N5O3/c1-36-30-27(38-16-2-13-35-14-17-37-18-15-35)8-7-26-28(24(20-31)21-33-29(26)30)34-25-5-3-22(4-6-25)19-23-9-11-32-12-10-23/h3-12,21H,2,13-19H2,1H3,(H,33,34). The van der Waals surface area contributed by atoms with E-state index in [9.17, 15) is 5.26 Å². The first-order chi connectivity index (χ1) is 18.7. The molecular weight excluding hydrogens is 478 g/mol. The number of anilines is 2. The molecule has 0 saturated carbocycles. The Morgan fingerprint density at radius 2 is 1.79 bits per heavy atom. The van der Waals surface area contributed by atoms with Crippen molar-refractivity contribution >= 4 is 22.3 Å². The van der Waals surface area contributed by atoms with E-state index >= 15 is 0 Å². The van der Waals surface area contributed by atoms with Gasteiger partial charge < -0.3 is 19.5 Å². The lowest BCUT2D eigenvalue weighted by molar-refractivity contribution is 0.0357. The highest BCUT2D eigenvalue weighted by molar-refractivity contribution is 5.99. The molecular formula is C30H31N5O3. The van der Waals surface area contributed by atoms with Crippen molar-refractivity contribution in [3.63, 3.8) is 0 Å². The van der Waals surface area contributed by atoms with Gasteiger partial charge in [0.05, 0.1) is 38.2 Å². The van der Waals surface area contributed by atoms with E-state index in [0.717, 1.165) is 56.8 Å². The molecule has 1 aliphatic heterocycles. The average Bonchev–Trinajstić information content (AvgIpc) is 2.97. The van der Waals surface area contributed by atoms with Gasteiger partial charge in [-0.3, -0.25) is 14.9 Å². The van der Waals surface area contributed by atoms with Gasteiger partial charge in [0.25, 0.3) is 0 Å². The molecule has 1 saturated heterocycles. The Balaban J connectivity index is 1.33. The van der Waals surface area contributed by atoms with Crippen molar-refractivity contribution in [1.29, 1.82) is 5.26 Å². The van der Waals surface area contributed by atoms with Crippen molar-refractivity contribution in [1.82, 2.24) is 14.9 Å². The van der Waals surface area contributed by atoms with Crippen LogP contribution in [0.3, 0.4) is 0 Å². The minimum Gasteiger partial charge on any atom is -0.491 e. The fourth-order valence-electron chi connectivity index (χ4n) is 4.63. The predicted octanol–water partition coefficient (Wildman–Crippen LogP) is 4.95. The number of hydrogen-bond donors (Lipinski definition) is 1. The molecule has 38 heavy (non-hydrogen) atoms. The lowest BCUT2D eigenvalue weighted by atomic mass is 10.1. The number of pyridine rings is 2. The molecule has 8 heteroatoms. The summed E-state index contributed by atoms with van der Waals surface area (Å²) in [7, 11) is 1.61. The zero-order valence-corrected chi connectivity index (χ0v) is 21.5. The molecule has 2 aromatic heterocycles. The average molecular weight is 510 g/mol. The number of ether oxygens (including phenoxy) is 3. The van der Waals surface area contributed by atoms with Gasteiger partial charge in [-0.15, -0.1) is 0 Å². The molecule has 2 aromatic carbocycles. The summed E-state index contributed by atoms with van der Waals surface area (Å²) >= 11 is 0. The molecule has 5 rings (SSSR count). The Kier molecular flexibility index (Phi) is 8.29. The SMILES string of the molecule is COc1c(OCCCN2CCOCC2)ccc2c(Nc3ccc(Cc4ccncc4)cc3)c(C#N)cnc12. The fourth-order valence-corrected chi connectivity index (χ4v) is 4.63. The maximum atomic E-state index is 9.79. The van der Waals surface area contributed by atoms with Crippen LogP contribution in [0.15, 0.2) is 67.1 Å². The summed E-state index contributed by atoms with van der Waals surface area (Å²) in [5.41, 5.74) is 5.08. The number of methoxy groups -OCH3 is 1. The lowest BCUT2D eigenvalue weighted by Crippen LogP contribution is -2.37. The van der Waals surface area contributed by atoms with E-state index in [4.69, 9.17) is 14.2 Å². The smallest absolute Gasteiger partial charge is 0.187 e. The van der Waals surface area contributed by atoms with Crippen LogP contribution in [0.5, 0.6) is 11.5 Å². The van der Waals surface area contributed by atoms with Crippen LogP contribution in [0.4, 0.5) is 11.4 Å². The Morgan fingerprint density at radius 3 is 2.53 bits per heavy atom. The molecule has 0 bridgehead atoms. The zero-order chi connectivity index (χ0) is 26.2. The predicted molar refractivity (Wildman–Crippen MR) is 147 cm³/mol. The number of benzene rings is 2. The first-order valence-corrected chi connectivity index (χ1v) is 12.8. The molecule has 0 atom stereocenters. The largest absolute Gasteiger partial charge is 0.491 e. The van der Waals surface area contributed by atoms with Crippen molar-refractivity contribution in [3.8, 4) is 17.6 Å². The van der Waals surface area contributed by atoms with Crippen molar-refractivity contribution in [2.24, 2.45) is 0 Å². The molecule has 1 fully saturated rings. The van der Waals surface area contributed by atoms with E-state index in [1.54, 1.807) is 25.7 Å². The number of morpholine rings is 1. The molecule has 0 unspecified atom stereocenters. The molecule has 4 aromatic rings. The van der Waals surface area contributed by atoms with Crippen molar-refractivity contribution in [2.45, 2.75) is 12.8 Å². The molecule has 8 nitrogen and oxygen atoms in total. The van der Waals surface area contributed by atoms with Crippen LogP contribution in [0.1, 0.15) is 23.1 Å². The molecule has 1 aliphatic rings. The molecule has 1 N–H and O–H groups in total. The van der Waals surface area contributed by atoms with E-state index in [1.807, 2.05) is 36.4 Å². The zero-order valence-electron chi connectivity index (χ0n) is 21.5. The minimum absolute atomic E-state index is 0.458. The first-order valence-electron chi connectivity index (χ1n) is 12.8. The Labute approximate surface area is 222 Å². The maximum absolute atomic E-state index is 9.79. The number of hydrogen-bond acceptors (Lipinski definition) is 8. The Bertz CT molecular complexity index is 1400. The third-order valence-electron chi connectivity index (χ3n) is 6.64. The van der Waals surface area contributed by atoms with Gasteiger partial charge in [-0.25, -0.2) is 0 Å². The van der Waals surface area contributed by atoms with E-state index in [0.29, 0.717) is 34.9 Å². The number of nitrogens with one attached hydrogen (secondary N) is 1. The van der Waals surface area contributed by atoms with E-state index in [2.05, 4.69) is 38.4 Å². The van der Waals surface area contributed by atoms with Crippen LogP contribution >= 0.6 is 0 Å². The van der Waals surface area contributed by atoms with Crippen LogP contribution in [0, 0.1) is 11.3 Å². The molecule has 0 amide bonds. The Hall–Kier alpha value is -4.19. The molecule has 194 valence electrons. The topological polar surface area (TPSA) is 92.5 Å². The number of aromatic nitrogens is 2. The summed E-state index contributed by atoms with van der Waals surface area (Å²) in [6.07, 6.45) is 6.93. The van der Waals surface area contributed by atoms with Gasteiger partial charge in [-0.05, 0) is 60.4 Å². The number of rotatable bonds is 10. The number of fused-ring (bicyclic) bond motifs is 1. The van der Waals surface area contributed by atoms with Gasteiger partial charge in [-0.1, -0.05) is 12.1 Å². The van der Waals surface area contributed by atoms with Gasteiger partial charge >= 0.3 is 0 Å². The van der Waals surface area contributed by atoms with Crippen LogP contribution in [-0.4, -0.2) is 61.4 Å². The van der Waals surface area contributed by atoms with Gasteiger partial charge in [0.2, 0.25) is 0 Å².